The van der Waals surface area contributed by atoms with E-state index in [-0.39, 0.29) is 23.3 Å². The first-order chi connectivity index (χ1) is 16.2. The van der Waals surface area contributed by atoms with Crippen LogP contribution in [-0.4, -0.2) is 25.9 Å². The minimum Gasteiger partial charge on any atom is -0.288 e. The van der Waals surface area contributed by atoms with Crippen LogP contribution >= 0.6 is 0 Å². The van der Waals surface area contributed by atoms with Crippen LogP contribution in [-0.2, 0) is 5.54 Å². The molecule has 6 heteroatoms. The molecule has 2 aromatic carbocycles. The van der Waals surface area contributed by atoms with Crippen molar-refractivity contribution in [1.82, 2.24) is 9.80 Å². The number of carbonyl (C=O) groups is 2. The van der Waals surface area contributed by atoms with Crippen LogP contribution in [0.4, 0.5) is 10.1 Å². The number of imide groups is 1. The third kappa shape index (κ3) is 2.68. The lowest BCUT2D eigenvalue weighted by molar-refractivity contribution is 0.0312. The van der Waals surface area contributed by atoms with Gasteiger partial charge in [0.2, 0.25) is 0 Å². The minimum atomic E-state index is -0.501. The number of hydrogen-bond acceptors (Lipinski definition) is 3. The lowest BCUT2D eigenvalue weighted by Crippen LogP contribution is -2.65. The van der Waals surface area contributed by atoms with Gasteiger partial charge in [-0.2, -0.15) is 5.26 Å². The number of benzene rings is 2. The van der Waals surface area contributed by atoms with E-state index in [4.69, 9.17) is 0 Å². The molecule has 2 heterocycles. The molecule has 0 aromatic heterocycles. The van der Waals surface area contributed by atoms with E-state index in [0.717, 1.165) is 17.7 Å². The summed E-state index contributed by atoms with van der Waals surface area (Å²) in [5.41, 5.74) is 3.73. The Labute approximate surface area is 200 Å². The highest BCUT2D eigenvalue weighted by atomic mass is 19.1. The first-order valence-corrected chi connectivity index (χ1v) is 12.3. The predicted molar refractivity (Wildman–Crippen MR) is 129 cm³/mol. The monoisotopic (exact) mass is 460 g/mol. The fraction of sp³-hybridized carbons (Fsp3) is 0.464. The molecular weight excluding hydrogens is 429 g/mol. The summed E-state index contributed by atoms with van der Waals surface area (Å²) < 4.78 is 14.7. The average Bonchev–Trinajstić information content (AvgIpc) is 3.52. The van der Waals surface area contributed by atoms with E-state index in [1.807, 2.05) is 38.1 Å². The Kier molecular flexibility index (Phi) is 5.00. The number of quaternary nitrogens is 1. The normalized spacial score (nSPS) is 31.6. The van der Waals surface area contributed by atoms with Gasteiger partial charge in [-0.3, -0.25) is 19.4 Å². The Balaban J connectivity index is 0.00000117. The highest BCUT2D eigenvalue weighted by Crippen LogP contribution is 2.68. The average molecular weight is 461 g/mol. The summed E-state index contributed by atoms with van der Waals surface area (Å²) in [6.07, 6.45) is 3.50. The summed E-state index contributed by atoms with van der Waals surface area (Å²) in [6.45, 7) is 6.24. The van der Waals surface area contributed by atoms with Crippen molar-refractivity contribution < 1.29 is 14.0 Å². The van der Waals surface area contributed by atoms with Crippen molar-refractivity contribution in [3.63, 3.8) is 0 Å². The molecule has 4 aliphatic rings. The topological polar surface area (TPSA) is 70.0 Å². The molecule has 2 amide bonds. The molecule has 1 unspecified atom stereocenters. The Morgan fingerprint density at radius 3 is 2.38 bits per heavy atom. The molecule has 2 bridgehead atoms. The molecule has 2 aliphatic carbocycles. The van der Waals surface area contributed by atoms with Crippen molar-refractivity contribution in [3.05, 3.63) is 64.0 Å². The highest BCUT2D eigenvalue weighted by Gasteiger charge is 2.66. The smallest absolute Gasteiger partial charge is 0.259 e. The van der Waals surface area contributed by atoms with E-state index in [2.05, 4.69) is 26.3 Å². The fourth-order valence-electron chi connectivity index (χ4n) is 7.58. The van der Waals surface area contributed by atoms with Gasteiger partial charge in [0.15, 0.2) is 0 Å². The number of carbonyl (C=O) groups excluding carboxylic acids is 2. The maximum Gasteiger partial charge on any atom is 0.259 e. The van der Waals surface area contributed by atoms with E-state index in [0.29, 0.717) is 33.4 Å². The zero-order valence-electron chi connectivity index (χ0n) is 20.4. The van der Waals surface area contributed by atoms with Crippen LogP contribution in [0.5, 0.6) is 0 Å². The number of halogens is 1. The second kappa shape index (κ2) is 7.48. The van der Waals surface area contributed by atoms with Crippen LogP contribution < -0.4 is 9.80 Å². The number of nitrogens with one attached hydrogen (secondary N) is 1. The molecule has 6 rings (SSSR count). The Hall–Kier alpha value is -3.04. The summed E-state index contributed by atoms with van der Waals surface area (Å²) in [7, 11) is 4.27. The van der Waals surface area contributed by atoms with Crippen molar-refractivity contribution in [1.29, 1.82) is 5.26 Å². The molecule has 2 aliphatic heterocycles. The van der Waals surface area contributed by atoms with Crippen LogP contribution in [0.1, 0.15) is 83.4 Å². The summed E-state index contributed by atoms with van der Waals surface area (Å²) in [4.78, 5) is 24.9. The summed E-state index contributed by atoms with van der Waals surface area (Å²) >= 11 is 0. The van der Waals surface area contributed by atoms with Crippen molar-refractivity contribution in [3.8, 4) is 6.07 Å². The molecule has 0 spiro atoms. The third-order valence-electron chi connectivity index (χ3n) is 9.24. The zero-order valence-corrected chi connectivity index (χ0v) is 20.4. The van der Waals surface area contributed by atoms with Crippen molar-refractivity contribution in [2.24, 2.45) is 17.8 Å². The van der Waals surface area contributed by atoms with Gasteiger partial charge < -0.3 is 0 Å². The van der Waals surface area contributed by atoms with Gasteiger partial charge in [0.25, 0.3) is 11.8 Å². The Bertz CT molecular complexity index is 1280. The summed E-state index contributed by atoms with van der Waals surface area (Å²) in [5.74, 6) is 0.501. The van der Waals surface area contributed by atoms with Gasteiger partial charge in [0.05, 0.1) is 30.8 Å². The lowest BCUT2D eigenvalue weighted by Gasteiger charge is -2.58. The van der Waals surface area contributed by atoms with Crippen LogP contribution in [0.2, 0.25) is 0 Å². The molecule has 2 fully saturated rings. The molecule has 2 aromatic rings. The third-order valence-corrected chi connectivity index (χ3v) is 9.24. The number of amides is 2. The van der Waals surface area contributed by atoms with Gasteiger partial charge in [0.1, 0.15) is 23.1 Å². The first-order valence-electron chi connectivity index (χ1n) is 12.3. The SMILES string of the molecule is CC.CC1(c2ccc(F)c(C#N)c2)[C@@H]2[C@H]3CC[C@H](C3)[C@@H]2c2cc3c(cc2[N+]1(C)C)C(=O)NC3=O. The van der Waals surface area contributed by atoms with E-state index in [1.54, 1.807) is 6.07 Å². The maximum atomic E-state index is 14.2. The Morgan fingerprint density at radius 2 is 1.71 bits per heavy atom. The molecule has 34 heavy (non-hydrogen) atoms. The van der Waals surface area contributed by atoms with Crippen LogP contribution in [0.3, 0.4) is 0 Å². The molecule has 1 N–H and O–H groups in total. The van der Waals surface area contributed by atoms with Gasteiger partial charge in [-0.15, -0.1) is 0 Å². The zero-order chi connectivity index (χ0) is 24.6. The van der Waals surface area contributed by atoms with Crippen LogP contribution in [0.25, 0.3) is 0 Å². The van der Waals surface area contributed by atoms with Crippen molar-refractivity contribution in [2.75, 3.05) is 14.1 Å². The molecular formula is C28H31FN3O2+. The number of nitrogens with zero attached hydrogens (tertiary/aromatic N) is 2. The van der Waals surface area contributed by atoms with Crippen molar-refractivity contribution >= 4 is 17.5 Å². The number of rotatable bonds is 1. The van der Waals surface area contributed by atoms with E-state index < -0.39 is 11.4 Å². The van der Waals surface area contributed by atoms with Gasteiger partial charge in [-0.1, -0.05) is 13.8 Å². The maximum absolute atomic E-state index is 14.2. The van der Waals surface area contributed by atoms with Crippen molar-refractivity contribution in [2.45, 2.75) is 51.5 Å². The first kappa shape index (κ1) is 22.7. The minimum absolute atomic E-state index is 0.0631. The second-order valence-electron chi connectivity index (χ2n) is 10.5. The molecule has 0 saturated heterocycles. The van der Waals surface area contributed by atoms with Gasteiger partial charge in [-0.05, 0) is 62.3 Å². The van der Waals surface area contributed by atoms with E-state index in [1.165, 1.54) is 24.5 Å². The summed E-state index contributed by atoms with van der Waals surface area (Å²) in [6, 6.07) is 10.8. The van der Waals surface area contributed by atoms with Gasteiger partial charge in [-0.25, -0.2) is 4.39 Å². The largest absolute Gasteiger partial charge is 0.288 e. The van der Waals surface area contributed by atoms with Gasteiger partial charge in [0, 0.05) is 29.0 Å². The molecule has 176 valence electrons. The number of hydrogen-bond donors (Lipinski definition) is 1. The lowest BCUT2D eigenvalue weighted by atomic mass is 9.59. The number of nitriles is 1. The molecule has 0 radical (unpaired) electrons. The standard InChI is InChI=1S/C26H24FN3O2.C2H6/c1-26(16-6-7-20(27)15(9-16)12-28)23-14-5-4-13(8-14)22(23)19-10-17-18(25(32)29-24(17)31)11-21(19)30(26,2)3;1-2/h6-7,9-11,13-14,22-23H,4-5,8H2,1-3H3;1-2H3/p+1/t13-,14+,22-,23-,26?;/m1./s1. The molecule has 5 atom stereocenters. The second-order valence-corrected chi connectivity index (χ2v) is 10.5. The number of fused-ring (bicyclic) bond motifs is 8. The molecule has 2 saturated carbocycles. The predicted octanol–water partition coefficient (Wildman–Crippen LogP) is 5.23. The van der Waals surface area contributed by atoms with E-state index in [9.17, 15) is 19.2 Å². The Morgan fingerprint density at radius 1 is 1.06 bits per heavy atom. The highest BCUT2D eigenvalue weighted by molar-refractivity contribution is 6.22. The van der Waals surface area contributed by atoms with Crippen LogP contribution in [0.15, 0.2) is 30.3 Å². The summed E-state index contributed by atoms with van der Waals surface area (Å²) in [5, 5.41) is 11.9. The van der Waals surface area contributed by atoms with E-state index >= 15 is 0 Å². The quantitative estimate of drug-likeness (QED) is 0.468. The molecule has 5 nitrogen and oxygen atoms in total. The van der Waals surface area contributed by atoms with Gasteiger partial charge >= 0.3 is 0 Å². The van der Waals surface area contributed by atoms with Crippen LogP contribution in [0, 0.1) is 34.9 Å². The fourth-order valence-corrected chi connectivity index (χ4v) is 7.58.